The number of nitrogens with zero attached hydrogens (tertiary/aromatic N) is 2. The van der Waals surface area contributed by atoms with E-state index in [1.807, 2.05) is 7.05 Å². The van der Waals surface area contributed by atoms with Gasteiger partial charge in [0.2, 0.25) is 11.8 Å². The Morgan fingerprint density at radius 1 is 1.38 bits per heavy atom. The largest absolute Gasteiger partial charge is 0.424 e. The molecule has 1 aromatic rings. The average Bonchev–Trinajstić information content (AvgIpc) is 2.53. The molecule has 0 aromatic carbocycles. The Morgan fingerprint density at radius 3 is 2.69 bits per heavy atom. The smallest absolute Gasteiger partial charge is 0.230 e. The van der Waals surface area contributed by atoms with Gasteiger partial charge >= 0.3 is 0 Å². The summed E-state index contributed by atoms with van der Waals surface area (Å²) < 4.78 is 5.41. The second-order valence-corrected chi connectivity index (χ2v) is 3.34. The standard InChI is InChI=1S/C9H17N3O/c1-4-7(2)5-8-11-12-9(13-8)6-10-3/h7,10H,4-6H2,1-3H3. The minimum absolute atomic E-state index is 0.614. The van der Waals surface area contributed by atoms with Crippen LogP contribution in [0.2, 0.25) is 0 Å². The van der Waals surface area contributed by atoms with E-state index < -0.39 is 0 Å². The van der Waals surface area contributed by atoms with Crippen molar-refractivity contribution in [3.05, 3.63) is 11.8 Å². The Hall–Kier alpha value is -0.900. The number of hydrogen-bond acceptors (Lipinski definition) is 4. The molecule has 1 heterocycles. The SMILES string of the molecule is CCC(C)Cc1nnc(CNC)o1. The van der Waals surface area contributed by atoms with Crippen molar-refractivity contribution in [3.8, 4) is 0 Å². The van der Waals surface area contributed by atoms with E-state index in [-0.39, 0.29) is 0 Å². The summed E-state index contributed by atoms with van der Waals surface area (Å²) in [5.41, 5.74) is 0. The van der Waals surface area contributed by atoms with Crippen molar-refractivity contribution in [2.45, 2.75) is 33.2 Å². The Kier molecular flexibility index (Phi) is 3.89. The lowest BCUT2D eigenvalue weighted by atomic mass is 10.1. The first-order chi connectivity index (χ1) is 6.26. The van der Waals surface area contributed by atoms with Crippen molar-refractivity contribution in [1.82, 2.24) is 15.5 Å². The van der Waals surface area contributed by atoms with Gasteiger partial charge < -0.3 is 9.73 Å². The third kappa shape index (κ3) is 3.14. The van der Waals surface area contributed by atoms with Crippen molar-refractivity contribution in [2.75, 3.05) is 7.05 Å². The molecule has 4 nitrogen and oxygen atoms in total. The topological polar surface area (TPSA) is 51.0 Å². The molecule has 0 aliphatic heterocycles. The molecule has 0 bridgehead atoms. The molecular formula is C9H17N3O. The van der Waals surface area contributed by atoms with E-state index in [1.165, 1.54) is 0 Å². The molecule has 1 unspecified atom stereocenters. The molecule has 0 aliphatic rings. The van der Waals surface area contributed by atoms with Gasteiger partial charge in [0.15, 0.2) is 0 Å². The van der Waals surface area contributed by atoms with Crippen LogP contribution < -0.4 is 5.32 Å². The van der Waals surface area contributed by atoms with Gasteiger partial charge in [-0.25, -0.2) is 0 Å². The van der Waals surface area contributed by atoms with Crippen molar-refractivity contribution < 1.29 is 4.42 Å². The summed E-state index contributed by atoms with van der Waals surface area (Å²) in [5, 5.41) is 10.8. The Morgan fingerprint density at radius 2 is 2.08 bits per heavy atom. The van der Waals surface area contributed by atoms with Crippen molar-refractivity contribution >= 4 is 0 Å². The molecule has 0 spiro atoms. The highest BCUT2D eigenvalue weighted by molar-refractivity contribution is 4.82. The lowest BCUT2D eigenvalue weighted by Gasteiger charge is -2.02. The van der Waals surface area contributed by atoms with Crippen LogP contribution in [-0.2, 0) is 13.0 Å². The number of aromatic nitrogens is 2. The summed E-state index contributed by atoms with van der Waals surface area (Å²) in [6.45, 7) is 4.99. The second kappa shape index (κ2) is 4.97. The molecule has 1 atom stereocenters. The summed E-state index contributed by atoms with van der Waals surface area (Å²) in [4.78, 5) is 0. The number of hydrogen-bond donors (Lipinski definition) is 1. The van der Waals surface area contributed by atoms with Crippen molar-refractivity contribution in [3.63, 3.8) is 0 Å². The fourth-order valence-corrected chi connectivity index (χ4v) is 1.04. The molecule has 1 rings (SSSR count). The Balaban J connectivity index is 2.48. The first-order valence-corrected chi connectivity index (χ1v) is 4.72. The molecule has 4 heteroatoms. The quantitative estimate of drug-likeness (QED) is 0.749. The van der Waals surface area contributed by atoms with E-state index in [0.29, 0.717) is 18.4 Å². The van der Waals surface area contributed by atoms with Crippen molar-refractivity contribution in [1.29, 1.82) is 0 Å². The fourth-order valence-electron chi connectivity index (χ4n) is 1.04. The maximum Gasteiger partial charge on any atom is 0.230 e. The molecule has 0 fully saturated rings. The zero-order valence-corrected chi connectivity index (χ0v) is 8.50. The third-order valence-electron chi connectivity index (χ3n) is 2.06. The highest BCUT2D eigenvalue weighted by Crippen LogP contribution is 2.09. The van der Waals surface area contributed by atoms with Gasteiger partial charge in [0.1, 0.15) is 0 Å². The van der Waals surface area contributed by atoms with Gasteiger partial charge in [-0.3, -0.25) is 0 Å². The highest BCUT2D eigenvalue weighted by atomic mass is 16.4. The van der Waals surface area contributed by atoms with Crippen LogP contribution in [0.3, 0.4) is 0 Å². The normalized spacial score (nSPS) is 13.2. The van der Waals surface area contributed by atoms with Gasteiger partial charge in [0.05, 0.1) is 6.54 Å². The lowest BCUT2D eigenvalue weighted by Crippen LogP contribution is -2.04. The Bertz CT molecular complexity index is 247. The van der Waals surface area contributed by atoms with Gasteiger partial charge in [-0.1, -0.05) is 20.3 Å². The van der Waals surface area contributed by atoms with Gasteiger partial charge in [0.25, 0.3) is 0 Å². The lowest BCUT2D eigenvalue weighted by molar-refractivity contribution is 0.406. The first-order valence-electron chi connectivity index (χ1n) is 4.72. The van der Waals surface area contributed by atoms with E-state index in [0.717, 1.165) is 18.7 Å². The van der Waals surface area contributed by atoms with Crippen LogP contribution in [0.25, 0.3) is 0 Å². The molecule has 0 amide bonds. The molecule has 74 valence electrons. The third-order valence-corrected chi connectivity index (χ3v) is 2.06. The summed E-state index contributed by atoms with van der Waals surface area (Å²) in [7, 11) is 1.86. The zero-order chi connectivity index (χ0) is 9.68. The molecular weight excluding hydrogens is 166 g/mol. The summed E-state index contributed by atoms with van der Waals surface area (Å²) >= 11 is 0. The zero-order valence-electron chi connectivity index (χ0n) is 8.50. The van der Waals surface area contributed by atoms with Crippen LogP contribution in [0.4, 0.5) is 0 Å². The minimum atomic E-state index is 0.614. The van der Waals surface area contributed by atoms with Crippen LogP contribution in [0.5, 0.6) is 0 Å². The predicted molar refractivity (Wildman–Crippen MR) is 50.2 cm³/mol. The molecule has 0 aliphatic carbocycles. The molecule has 13 heavy (non-hydrogen) atoms. The van der Waals surface area contributed by atoms with Crippen molar-refractivity contribution in [2.24, 2.45) is 5.92 Å². The minimum Gasteiger partial charge on any atom is -0.424 e. The molecule has 0 saturated carbocycles. The van der Waals surface area contributed by atoms with Crippen LogP contribution in [0, 0.1) is 5.92 Å². The highest BCUT2D eigenvalue weighted by Gasteiger charge is 2.08. The molecule has 0 radical (unpaired) electrons. The van der Waals surface area contributed by atoms with E-state index in [9.17, 15) is 0 Å². The molecule has 0 saturated heterocycles. The van der Waals surface area contributed by atoms with E-state index in [1.54, 1.807) is 0 Å². The van der Waals surface area contributed by atoms with Gasteiger partial charge in [-0.15, -0.1) is 10.2 Å². The predicted octanol–water partition coefficient (Wildman–Crippen LogP) is 1.38. The molecule has 1 aromatic heterocycles. The number of rotatable bonds is 5. The summed E-state index contributed by atoms with van der Waals surface area (Å²) in [6, 6.07) is 0. The van der Waals surface area contributed by atoms with Crippen LogP contribution in [-0.4, -0.2) is 17.2 Å². The van der Waals surface area contributed by atoms with Gasteiger partial charge in [0, 0.05) is 6.42 Å². The van der Waals surface area contributed by atoms with E-state index >= 15 is 0 Å². The van der Waals surface area contributed by atoms with Crippen LogP contribution in [0.1, 0.15) is 32.0 Å². The first kappa shape index (κ1) is 10.2. The van der Waals surface area contributed by atoms with Gasteiger partial charge in [-0.05, 0) is 13.0 Å². The maximum atomic E-state index is 5.41. The average molecular weight is 183 g/mol. The molecule has 1 N–H and O–H groups in total. The number of nitrogens with one attached hydrogen (secondary N) is 1. The van der Waals surface area contributed by atoms with E-state index in [4.69, 9.17) is 4.42 Å². The monoisotopic (exact) mass is 183 g/mol. The fraction of sp³-hybridized carbons (Fsp3) is 0.778. The summed E-state index contributed by atoms with van der Waals surface area (Å²) in [6.07, 6.45) is 2.02. The Labute approximate surface area is 78.7 Å². The van der Waals surface area contributed by atoms with Crippen LogP contribution >= 0.6 is 0 Å². The van der Waals surface area contributed by atoms with E-state index in [2.05, 4.69) is 29.4 Å². The van der Waals surface area contributed by atoms with Gasteiger partial charge in [-0.2, -0.15) is 0 Å². The maximum absolute atomic E-state index is 5.41. The van der Waals surface area contributed by atoms with Crippen LogP contribution in [0.15, 0.2) is 4.42 Å². The second-order valence-electron chi connectivity index (χ2n) is 3.34. The summed E-state index contributed by atoms with van der Waals surface area (Å²) in [5.74, 6) is 2.03.